The molecule has 9 nitrogen and oxygen atoms in total. The molecule has 0 aliphatic rings. The van der Waals surface area contributed by atoms with E-state index in [1.165, 1.54) is 17.7 Å². The summed E-state index contributed by atoms with van der Waals surface area (Å²) >= 11 is 0.714. The molecule has 0 aromatic carbocycles. The molecule has 0 fully saturated rings. The Balaban J connectivity index is 1.99. The fourth-order valence-electron chi connectivity index (χ4n) is 2.03. The third kappa shape index (κ3) is 2.66. The van der Waals surface area contributed by atoms with E-state index in [9.17, 15) is 19.7 Å². The molecule has 0 aliphatic carbocycles. The summed E-state index contributed by atoms with van der Waals surface area (Å²) in [5.41, 5.74) is -0.149. The first-order valence-corrected chi connectivity index (χ1v) is 7.15. The van der Waals surface area contributed by atoms with Crippen LogP contribution in [0.4, 0.5) is 10.1 Å². The molecule has 116 valence electrons. The number of hydrogen-bond acceptors (Lipinski definition) is 7. The molecule has 1 amide bonds. The highest BCUT2D eigenvalue weighted by molar-refractivity contribution is 7.18. The van der Waals surface area contributed by atoms with Crippen molar-refractivity contribution in [3.05, 3.63) is 56.6 Å². The lowest BCUT2D eigenvalue weighted by Gasteiger charge is -2.07. The lowest BCUT2D eigenvalue weighted by atomic mass is 10.2. The zero-order chi connectivity index (χ0) is 16.6. The van der Waals surface area contributed by atoms with E-state index in [0.717, 1.165) is 6.20 Å². The SMILES string of the molecule is Cn1c(=O)c(C(=O)Nc2ncc([N+](=O)[O-])s2)cc2cccnc21. The Morgan fingerprint density at radius 1 is 1.43 bits per heavy atom. The van der Waals surface area contributed by atoms with Gasteiger partial charge in [-0.15, -0.1) is 0 Å². The Bertz CT molecular complexity index is 993. The van der Waals surface area contributed by atoms with E-state index >= 15 is 0 Å². The normalized spacial score (nSPS) is 10.7. The molecule has 0 radical (unpaired) electrons. The first-order valence-electron chi connectivity index (χ1n) is 6.33. The van der Waals surface area contributed by atoms with E-state index in [0.29, 0.717) is 22.4 Å². The molecule has 0 saturated carbocycles. The van der Waals surface area contributed by atoms with Gasteiger partial charge in [0.15, 0.2) is 5.13 Å². The van der Waals surface area contributed by atoms with Crippen LogP contribution in [0.25, 0.3) is 11.0 Å². The first kappa shape index (κ1) is 14.8. The van der Waals surface area contributed by atoms with E-state index in [-0.39, 0.29) is 15.7 Å². The van der Waals surface area contributed by atoms with Gasteiger partial charge in [-0.2, -0.15) is 0 Å². The number of carbonyl (C=O) groups is 1. The molecule has 0 atom stereocenters. The van der Waals surface area contributed by atoms with Crippen LogP contribution in [0, 0.1) is 10.1 Å². The molecular weight excluding hydrogens is 322 g/mol. The highest BCUT2D eigenvalue weighted by Crippen LogP contribution is 2.25. The number of fused-ring (bicyclic) bond motifs is 1. The second kappa shape index (κ2) is 5.57. The van der Waals surface area contributed by atoms with Crippen LogP contribution >= 0.6 is 11.3 Å². The lowest BCUT2D eigenvalue weighted by Crippen LogP contribution is -2.28. The average molecular weight is 331 g/mol. The Kier molecular flexibility index (Phi) is 3.58. The Morgan fingerprint density at radius 2 is 2.22 bits per heavy atom. The van der Waals surface area contributed by atoms with Gasteiger partial charge in [0.25, 0.3) is 11.5 Å². The molecule has 3 rings (SSSR count). The minimum absolute atomic E-state index is 0.0510. The smallest absolute Gasteiger partial charge is 0.297 e. The average Bonchev–Trinajstić information content (AvgIpc) is 2.99. The van der Waals surface area contributed by atoms with Gasteiger partial charge in [0.05, 0.1) is 4.92 Å². The summed E-state index contributed by atoms with van der Waals surface area (Å²) in [5, 5.41) is 13.5. The lowest BCUT2D eigenvalue weighted by molar-refractivity contribution is -0.380. The van der Waals surface area contributed by atoms with Gasteiger partial charge in [-0.3, -0.25) is 29.6 Å². The highest BCUT2D eigenvalue weighted by Gasteiger charge is 2.18. The number of aromatic nitrogens is 3. The van der Waals surface area contributed by atoms with Crippen LogP contribution < -0.4 is 10.9 Å². The molecule has 0 spiro atoms. The fourth-order valence-corrected chi connectivity index (χ4v) is 2.66. The van der Waals surface area contributed by atoms with E-state index in [1.54, 1.807) is 18.3 Å². The van der Waals surface area contributed by atoms with Gasteiger partial charge >= 0.3 is 5.00 Å². The summed E-state index contributed by atoms with van der Waals surface area (Å²) < 4.78 is 1.27. The number of amides is 1. The van der Waals surface area contributed by atoms with Gasteiger partial charge in [0.2, 0.25) is 0 Å². The van der Waals surface area contributed by atoms with E-state index < -0.39 is 16.4 Å². The number of nitro groups is 1. The maximum Gasteiger partial charge on any atom is 0.345 e. The summed E-state index contributed by atoms with van der Waals surface area (Å²) in [4.78, 5) is 42.4. The van der Waals surface area contributed by atoms with Crippen molar-refractivity contribution in [3.63, 3.8) is 0 Å². The Labute approximate surface area is 132 Å². The number of nitrogens with zero attached hydrogens (tertiary/aromatic N) is 4. The number of anilines is 1. The van der Waals surface area contributed by atoms with Gasteiger partial charge in [0, 0.05) is 18.6 Å². The second-order valence-electron chi connectivity index (χ2n) is 4.55. The van der Waals surface area contributed by atoms with E-state index in [2.05, 4.69) is 15.3 Å². The molecule has 23 heavy (non-hydrogen) atoms. The van der Waals surface area contributed by atoms with Crippen LogP contribution in [-0.4, -0.2) is 25.4 Å². The maximum absolute atomic E-state index is 12.3. The fraction of sp³-hybridized carbons (Fsp3) is 0.0769. The van der Waals surface area contributed by atoms with Crippen molar-refractivity contribution in [1.82, 2.24) is 14.5 Å². The largest absolute Gasteiger partial charge is 0.345 e. The molecule has 3 aromatic heterocycles. The molecule has 10 heteroatoms. The molecule has 3 heterocycles. The molecule has 1 N–H and O–H groups in total. The summed E-state index contributed by atoms with van der Waals surface area (Å²) in [6.45, 7) is 0. The van der Waals surface area contributed by atoms with Crippen LogP contribution in [0.3, 0.4) is 0 Å². The van der Waals surface area contributed by atoms with Gasteiger partial charge < -0.3 is 0 Å². The molecule has 0 bridgehead atoms. The van der Waals surface area contributed by atoms with Crippen LogP contribution in [0.1, 0.15) is 10.4 Å². The van der Waals surface area contributed by atoms with Crippen molar-refractivity contribution in [2.45, 2.75) is 0 Å². The van der Waals surface area contributed by atoms with E-state index in [4.69, 9.17) is 0 Å². The third-order valence-electron chi connectivity index (χ3n) is 3.11. The molecule has 3 aromatic rings. The second-order valence-corrected chi connectivity index (χ2v) is 5.56. The van der Waals surface area contributed by atoms with E-state index in [1.807, 2.05) is 0 Å². The van der Waals surface area contributed by atoms with Gasteiger partial charge in [-0.05, 0) is 29.5 Å². The topological polar surface area (TPSA) is 120 Å². The number of thiazole rings is 1. The summed E-state index contributed by atoms with van der Waals surface area (Å²) in [6, 6.07) is 4.85. The van der Waals surface area contributed by atoms with Crippen molar-refractivity contribution in [1.29, 1.82) is 0 Å². The van der Waals surface area contributed by atoms with Gasteiger partial charge in [0.1, 0.15) is 17.4 Å². The maximum atomic E-state index is 12.3. The third-order valence-corrected chi connectivity index (χ3v) is 3.97. The quantitative estimate of drug-likeness (QED) is 0.574. The highest BCUT2D eigenvalue weighted by atomic mass is 32.1. The minimum Gasteiger partial charge on any atom is -0.297 e. The van der Waals surface area contributed by atoms with Crippen molar-refractivity contribution in [2.24, 2.45) is 7.05 Å². The van der Waals surface area contributed by atoms with Gasteiger partial charge in [-0.1, -0.05) is 0 Å². The molecule has 0 unspecified atom stereocenters. The zero-order valence-electron chi connectivity index (χ0n) is 11.7. The number of pyridine rings is 2. The number of hydrogen-bond donors (Lipinski definition) is 1. The number of rotatable bonds is 3. The Hall–Kier alpha value is -3.14. The molecule has 0 aliphatic heterocycles. The van der Waals surface area contributed by atoms with Crippen molar-refractivity contribution < 1.29 is 9.72 Å². The van der Waals surface area contributed by atoms with Crippen LogP contribution in [0.15, 0.2) is 35.4 Å². The van der Waals surface area contributed by atoms with Crippen LogP contribution in [0.2, 0.25) is 0 Å². The van der Waals surface area contributed by atoms with Crippen LogP contribution in [-0.2, 0) is 7.05 Å². The van der Waals surface area contributed by atoms with Gasteiger partial charge in [-0.25, -0.2) is 9.97 Å². The summed E-state index contributed by atoms with van der Waals surface area (Å²) in [5.74, 6) is -0.680. The first-order chi connectivity index (χ1) is 11.0. The zero-order valence-corrected chi connectivity index (χ0v) is 12.5. The molecule has 0 saturated heterocycles. The standard InChI is InChI=1S/C13H9N5O4S/c1-17-10-7(3-2-4-14-10)5-8(12(17)20)11(19)16-13-15-6-9(23-13)18(21)22/h2-6H,1H3,(H,15,16,19). The summed E-state index contributed by atoms with van der Waals surface area (Å²) in [7, 11) is 1.52. The predicted octanol–water partition coefficient (Wildman–Crippen LogP) is 1.55. The monoisotopic (exact) mass is 331 g/mol. The van der Waals surface area contributed by atoms with Crippen molar-refractivity contribution in [3.8, 4) is 0 Å². The Morgan fingerprint density at radius 3 is 2.91 bits per heavy atom. The number of nitrogens with one attached hydrogen (secondary N) is 1. The van der Waals surface area contributed by atoms with Crippen molar-refractivity contribution >= 4 is 38.4 Å². The summed E-state index contributed by atoms with van der Waals surface area (Å²) in [6.07, 6.45) is 2.60. The predicted molar refractivity (Wildman–Crippen MR) is 83.7 cm³/mol. The van der Waals surface area contributed by atoms with Crippen LogP contribution in [0.5, 0.6) is 0 Å². The van der Waals surface area contributed by atoms with Crippen molar-refractivity contribution in [2.75, 3.05) is 5.32 Å². The molecular formula is C13H9N5O4S. The minimum atomic E-state index is -0.680. The number of carbonyl (C=O) groups excluding carboxylic acids is 1. The number of aryl methyl sites for hydroxylation is 1.